The number of carboxylic acid groups (broad SMARTS) is 1. The molecule has 0 aromatic carbocycles. The predicted molar refractivity (Wildman–Crippen MR) is 35.3 cm³/mol. The quantitative estimate of drug-likeness (QED) is 0.610. The molecule has 0 aliphatic rings. The van der Waals surface area contributed by atoms with Gasteiger partial charge in [0.1, 0.15) is 12.2 Å². The van der Waals surface area contributed by atoms with Gasteiger partial charge in [-0.05, 0) is 5.92 Å². The molecule has 10 heavy (non-hydrogen) atoms. The van der Waals surface area contributed by atoms with Gasteiger partial charge >= 0.3 is 5.97 Å². The van der Waals surface area contributed by atoms with Gasteiger partial charge in [0.05, 0.1) is 0 Å². The maximum absolute atomic E-state index is 12.7. The molecule has 0 fully saturated rings. The third-order valence-electron chi connectivity index (χ3n) is 1.27. The number of rotatable bonds is 3. The number of hydrogen-bond donors (Lipinski definition) is 2. The number of halogens is 1. The highest BCUT2D eigenvalue weighted by Gasteiger charge is 2.26. The summed E-state index contributed by atoms with van der Waals surface area (Å²) in [6.07, 6.45) is -1.46. The largest absolute Gasteiger partial charge is 0.480 e. The fraction of sp³-hybridized carbons (Fsp3) is 0.833. The van der Waals surface area contributed by atoms with Gasteiger partial charge in [-0.3, -0.25) is 4.79 Å². The second kappa shape index (κ2) is 3.51. The molecule has 0 spiro atoms. The summed E-state index contributed by atoms with van der Waals surface area (Å²) < 4.78 is 12.7. The Morgan fingerprint density at radius 1 is 1.60 bits per heavy atom. The monoisotopic (exact) mass is 149 g/mol. The van der Waals surface area contributed by atoms with Crippen molar-refractivity contribution < 1.29 is 14.3 Å². The van der Waals surface area contributed by atoms with Gasteiger partial charge in [0.25, 0.3) is 0 Å². The first-order valence-corrected chi connectivity index (χ1v) is 3.09. The van der Waals surface area contributed by atoms with Crippen molar-refractivity contribution in [2.24, 2.45) is 11.7 Å². The lowest BCUT2D eigenvalue weighted by atomic mass is 10.0. The van der Waals surface area contributed by atoms with E-state index in [9.17, 15) is 9.18 Å². The molecule has 2 unspecified atom stereocenters. The van der Waals surface area contributed by atoms with Gasteiger partial charge < -0.3 is 10.8 Å². The summed E-state index contributed by atoms with van der Waals surface area (Å²) in [7, 11) is 0. The SMILES string of the molecule is CC(C)C(F)C(N)C(=O)O. The highest BCUT2D eigenvalue weighted by atomic mass is 19.1. The zero-order chi connectivity index (χ0) is 8.31. The summed E-state index contributed by atoms with van der Waals surface area (Å²) >= 11 is 0. The first kappa shape index (κ1) is 9.36. The second-order valence-corrected chi connectivity index (χ2v) is 2.55. The van der Waals surface area contributed by atoms with Crippen LogP contribution in [-0.4, -0.2) is 23.3 Å². The molecular formula is C6H12FNO2. The van der Waals surface area contributed by atoms with Crippen LogP contribution in [0.4, 0.5) is 4.39 Å². The lowest BCUT2D eigenvalue weighted by Gasteiger charge is -2.15. The molecule has 2 atom stereocenters. The fourth-order valence-corrected chi connectivity index (χ4v) is 0.551. The van der Waals surface area contributed by atoms with Crippen LogP contribution >= 0.6 is 0 Å². The van der Waals surface area contributed by atoms with Crippen LogP contribution in [-0.2, 0) is 4.79 Å². The van der Waals surface area contributed by atoms with Gasteiger partial charge in [0.15, 0.2) is 0 Å². The average molecular weight is 149 g/mol. The van der Waals surface area contributed by atoms with E-state index in [2.05, 4.69) is 0 Å². The van der Waals surface area contributed by atoms with Gasteiger partial charge in [0.2, 0.25) is 0 Å². The van der Waals surface area contributed by atoms with E-state index in [0.717, 1.165) is 0 Å². The first-order valence-electron chi connectivity index (χ1n) is 3.09. The Labute approximate surface area is 59.0 Å². The van der Waals surface area contributed by atoms with Crippen molar-refractivity contribution >= 4 is 5.97 Å². The zero-order valence-electron chi connectivity index (χ0n) is 6.04. The smallest absolute Gasteiger partial charge is 0.323 e. The summed E-state index contributed by atoms with van der Waals surface area (Å²) in [5.74, 6) is -1.63. The maximum atomic E-state index is 12.7. The fourth-order valence-electron chi connectivity index (χ4n) is 0.551. The van der Waals surface area contributed by atoms with Crippen LogP contribution in [0.5, 0.6) is 0 Å². The molecule has 4 heteroatoms. The standard InChI is InChI=1S/C6H12FNO2/c1-3(2)4(7)5(8)6(9)10/h3-5H,8H2,1-2H3,(H,9,10). The number of hydrogen-bond acceptors (Lipinski definition) is 2. The van der Waals surface area contributed by atoms with Crippen LogP contribution in [0.3, 0.4) is 0 Å². The van der Waals surface area contributed by atoms with Gasteiger partial charge in [-0.25, -0.2) is 4.39 Å². The van der Waals surface area contributed by atoms with E-state index in [1.54, 1.807) is 13.8 Å². The van der Waals surface area contributed by atoms with Crippen LogP contribution in [0, 0.1) is 5.92 Å². The van der Waals surface area contributed by atoms with E-state index in [1.165, 1.54) is 0 Å². The minimum atomic E-state index is -1.46. The molecule has 60 valence electrons. The molecule has 0 heterocycles. The lowest BCUT2D eigenvalue weighted by molar-refractivity contribution is -0.140. The predicted octanol–water partition coefficient (Wildman–Crippen LogP) is 0.392. The lowest BCUT2D eigenvalue weighted by Crippen LogP contribution is -2.41. The van der Waals surface area contributed by atoms with Crippen molar-refractivity contribution in [2.75, 3.05) is 0 Å². The van der Waals surface area contributed by atoms with E-state index in [4.69, 9.17) is 10.8 Å². The average Bonchev–Trinajstić information content (AvgIpc) is 1.84. The van der Waals surface area contributed by atoms with Crippen molar-refractivity contribution in [1.82, 2.24) is 0 Å². The van der Waals surface area contributed by atoms with Crippen LogP contribution in [0.15, 0.2) is 0 Å². The van der Waals surface area contributed by atoms with Crippen molar-refractivity contribution in [3.05, 3.63) is 0 Å². The van der Waals surface area contributed by atoms with Gasteiger partial charge in [-0.15, -0.1) is 0 Å². The van der Waals surface area contributed by atoms with E-state index in [1.807, 2.05) is 0 Å². The van der Waals surface area contributed by atoms with Crippen molar-refractivity contribution in [1.29, 1.82) is 0 Å². The minimum Gasteiger partial charge on any atom is -0.480 e. The number of aliphatic carboxylic acids is 1. The Bertz CT molecular complexity index is 127. The molecule has 0 radical (unpaired) electrons. The molecule has 0 aliphatic heterocycles. The Morgan fingerprint density at radius 2 is 2.00 bits per heavy atom. The molecule has 0 aromatic rings. The van der Waals surface area contributed by atoms with E-state index >= 15 is 0 Å². The van der Waals surface area contributed by atoms with Crippen LogP contribution in [0.1, 0.15) is 13.8 Å². The second-order valence-electron chi connectivity index (χ2n) is 2.55. The zero-order valence-corrected chi connectivity index (χ0v) is 6.04. The van der Waals surface area contributed by atoms with E-state index in [0.29, 0.717) is 0 Å². The molecule has 0 rings (SSSR count). The molecule has 3 nitrogen and oxygen atoms in total. The normalized spacial score (nSPS) is 16.9. The van der Waals surface area contributed by atoms with Crippen molar-refractivity contribution in [2.45, 2.75) is 26.1 Å². The van der Waals surface area contributed by atoms with Crippen molar-refractivity contribution in [3.63, 3.8) is 0 Å². The third-order valence-corrected chi connectivity index (χ3v) is 1.27. The van der Waals surface area contributed by atoms with E-state index < -0.39 is 18.2 Å². The van der Waals surface area contributed by atoms with Crippen LogP contribution < -0.4 is 5.73 Å². The molecule has 0 bridgehead atoms. The summed E-state index contributed by atoms with van der Waals surface area (Å²) in [6.45, 7) is 3.18. The van der Waals surface area contributed by atoms with E-state index in [-0.39, 0.29) is 5.92 Å². The molecule has 0 amide bonds. The van der Waals surface area contributed by atoms with Crippen molar-refractivity contribution in [3.8, 4) is 0 Å². The number of carboxylic acids is 1. The summed E-state index contributed by atoms with van der Waals surface area (Å²) in [5.41, 5.74) is 4.99. The summed E-state index contributed by atoms with van der Waals surface area (Å²) in [4.78, 5) is 10.1. The topological polar surface area (TPSA) is 63.3 Å². The maximum Gasteiger partial charge on any atom is 0.323 e. The Morgan fingerprint density at radius 3 is 2.10 bits per heavy atom. The number of nitrogens with two attached hydrogens (primary N) is 1. The first-order chi connectivity index (χ1) is 4.46. The van der Waals surface area contributed by atoms with Gasteiger partial charge in [-0.1, -0.05) is 13.8 Å². The van der Waals surface area contributed by atoms with Crippen LogP contribution in [0.25, 0.3) is 0 Å². The Hall–Kier alpha value is -0.640. The Kier molecular flexibility index (Phi) is 3.28. The molecule has 0 saturated carbocycles. The number of carbonyl (C=O) groups is 1. The highest BCUT2D eigenvalue weighted by Crippen LogP contribution is 2.08. The molecule has 0 saturated heterocycles. The third kappa shape index (κ3) is 2.31. The van der Waals surface area contributed by atoms with Gasteiger partial charge in [-0.2, -0.15) is 0 Å². The molecule has 0 aliphatic carbocycles. The number of alkyl halides is 1. The molecular weight excluding hydrogens is 137 g/mol. The van der Waals surface area contributed by atoms with Crippen LogP contribution in [0.2, 0.25) is 0 Å². The summed E-state index contributed by atoms with van der Waals surface area (Å²) in [5, 5.41) is 8.24. The molecule has 3 N–H and O–H groups in total. The highest BCUT2D eigenvalue weighted by molar-refractivity contribution is 5.73. The molecule has 0 aromatic heterocycles. The minimum absolute atomic E-state index is 0.342. The van der Waals surface area contributed by atoms with Gasteiger partial charge in [0, 0.05) is 0 Å². The summed E-state index contributed by atoms with van der Waals surface area (Å²) in [6, 6.07) is -1.39. The Balaban J connectivity index is 3.94.